The molecule has 6 heteroatoms. The van der Waals surface area contributed by atoms with Crippen molar-refractivity contribution in [1.82, 2.24) is 5.32 Å². The van der Waals surface area contributed by atoms with E-state index < -0.39 is 11.5 Å². The zero-order valence-corrected chi connectivity index (χ0v) is 8.63. The van der Waals surface area contributed by atoms with Crippen LogP contribution in [0.3, 0.4) is 0 Å². The first-order chi connectivity index (χ1) is 6.62. The third-order valence-corrected chi connectivity index (χ3v) is 3.30. The van der Waals surface area contributed by atoms with Crippen molar-refractivity contribution in [2.75, 3.05) is 5.75 Å². The van der Waals surface area contributed by atoms with Crippen molar-refractivity contribution < 1.29 is 14.7 Å². The van der Waals surface area contributed by atoms with E-state index in [1.165, 1.54) is 11.8 Å². The Bertz CT molecular complexity index is 280. The number of aliphatic imine (C=N–C) groups is 1. The SMILES string of the molecule is CCC1(CC(=O)O)CSC(NC=O)=N1. The van der Waals surface area contributed by atoms with Crippen molar-refractivity contribution >= 4 is 29.3 Å². The lowest BCUT2D eigenvalue weighted by atomic mass is 9.95. The van der Waals surface area contributed by atoms with Crippen LogP contribution in [-0.2, 0) is 9.59 Å². The third kappa shape index (κ3) is 2.47. The molecule has 0 bridgehead atoms. The lowest BCUT2D eigenvalue weighted by molar-refractivity contribution is -0.138. The number of nitrogens with one attached hydrogen (secondary N) is 1. The van der Waals surface area contributed by atoms with Gasteiger partial charge in [-0.05, 0) is 6.42 Å². The Labute approximate surface area is 86.0 Å². The van der Waals surface area contributed by atoms with Crippen LogP contribution in [0.4, 0.5) is 0 Å². The molecule has 0 fully saturated rings. The highest BCUT2D eigenvalue weighted by atomic mass is 32.2. The Kier molecular flexibility index (Phi) is 3.51. The fourth-order valence-electron chi connectivity index (χ4n) is 1.29. The molecule has 1 aliphatic rings. The van der Waals surface area contributed by atoms with Gasteiger partial charge >= 0.3 is 5.97 Å². The van der Waals surface area contributed by atoms with Crippen LogP contribution in [0.25, 0.3) is 0 Å². The number of carboxylic acids is 1. The zero-order valence-electron chi connectivity index (χ0n) is 7.82. The molecule has 0 aromatic carbocycles. The number of carbonyl (C=O) groups is 2. The second kappa shape index (κ2) is 4.45. The maximum Gasteiger partial charge on any atom is 0.305 e. The van der Waals surface area contributed by atoms with E-state index in [1.54, 1.807) is 0 Å². The summed E-state index contributed by atoms with van der Waals surface area (Å²) in [6, 6.07) is 0. The molecule has 1 unspecified atom stereocenters. The van der Waals surface area contributed by atoms with Gasteiger partial charge in [0.1, 0.15) is 0 Å². The quantitative estimate of drug-likeness (QED) is 0.669. The Morgan fingerprint density at radius 2 is 2.57 bits per heavy atom. The van der Waals surface area contributed by atoms with Gasteiger partial charge in [-0.15, -0.1) is 0 Å². The fraction of sp³-hybridized carbons (Fsp3) is 0.625. The third-order valence-electron chi connectivity index (χ3n) is 2.14. The predicted molar refractivity (Wildman–Crippen MR) is 54.4 cm³/mol. The summed E-state index contributed by atoms with van der Waals surface area (Å²) in [5, 5.41) is 11.7. The van der Waals surface area contributed by atoms with Crippen molar-refractivity contribution in [3.63, 3.8) is 0 Å². The van der Waals surface area contributed by atoms with Crippen LogP contribution in [-0.4, -0.2) is 33.9 Å². The van der Waals surface area contributed by atoms with Crippen LogP contribution in [0.5, 0.6) is 0 Å². The Morgan fingerprint density at radius 3 is 3.07 bits per heavy atom. The minimum atomic E-state index is -0.858. The minimum absolute atomic E-state index is 0.0144. The van der Waals surface area contributed by atoms with Crippen molar-refractivity contribution in [1.29, 1.82) is 0 Å². The van der Waals surface area contributed by atoms with E-state index in [1.807, 2.05) is 6.92 Å². The van der Waals surface area contributed by atoms with Crippen LogP contribution in [0.1, 0.15) is 19.8 Å². The van der Waals surface area contributed by atoms with Gasteiger partial charge in [-0.3, -0.25) is 14.6 Å². The van der Waals surface area contributed by atoms with Gasteiger partial charge in [0.05, 0.1) is 12.0 Å². The first-order valence-electron chi connectivity index (χ1n) is 4.26. The van der Waals surface area contributed by atoms with Gasteiger partial charge in [-0.1, -0.05) is 18.7 Å². The van der Waals surface area contributed by atoms with Crippen LogP contribution >= 0.6 is 11.8 Å². The van der Waals surface area contributed by atoms with E-state index in [0.717, 1.165) is 0 Å². The second-order valence-electron chi connectivity index (χ2n) is 3.12. The van der Waals surface area contributed by atoms with Gasteiger partial charge in [-0.2, -0.15) is 0 Å². The first kappa shape index (κ1) is 11.0. The Morgan fingerprint density at radius 1 is 1.86 bits per heavy atom. The van der Waals surface area contributed by atoms with Crippen molar-refractivity contribution in [2.45, 2.75) is 25.3 Å². The van der Waals surface area contributed by atoms with E-state index in [-0.39, 0.29) is 6.42 Å². The largest absolute Gasteiger partial charge is 0.481 e. The number of nitrogens with zero attached hydrogens (tertiary/aromatic N) is 1. The molecule has 14 heavy (non-hydrogen) atoms. The number of amides is 1. The van der Waals surface area contributed by atoms with Gasteiger partial charge in [0.15, 0.2) is 5.17 Å². The van der Waals surface area contributed by atoms with Gasteiger partial charge in [0.2, 0.25) is 6.41 Å². The monoisotopic (exact) mass is 216 g/mol. The highest BCUT2D eigenvalue weighted by Crippen LogP contribution is 2.32. The van der Waals surface area contributed by atoms with Crippen LogP contribution < -0.4 is 5.32 Å². The zero-order chi connectivity index (χ0) is 10.6. The number of carbonyl (C=O) groups excluding carboxylic acids is 1. The molecule has 0 spiro atoms. The molecule has 1 atom stereocenters. The number of amidine groups is 1. The Hall–Kier alpha value is -1.04. The topological polar surface area (TPSA) is 78.8 Å². The summed E-state index contributed by atoms with van der Waals surface area (Å²) in [5.41, 5.74) is -0.540. The van der Waals surface area contributed by atoms with E-state index >= 15 is 0 Å². The van der Waals surface area contributed by atoms with Crippen molar-refractivity contribution in [3.8, 4) is 0 Å². The smallest absolute Gasteiger partial charge is 0.305 e. The molecule has 78 valence electrons. The molecule has 0 radical (unpaired) electrons. The Balaban J connectivity index is 2.72. The number of thioether (sulfide) groups is 1. The molecule has 5 nitrogen and oxygen atoms in total. The fourth-order valence-corrected chi connectivity index (χ4v) is 2.45. The number of carboxylic acid groups (broad SMARTS) is 1. The number of hydrogen-bond acceptors (Lipinski definition) is 4. The van der Waals surface area contributed by atoms with E-state index in [9.17, 15) is 9.59 Å². The number of hydrogen-bond donors (Lipinski definition) is 2. The molecular formula is C8H12N2O3S. The normalized spacial score (nSPS) is 25.6. The first-order valence-corrected chi connectivity index (χ1v) is 5.25. The highest BCUT2D eigenvalue weighted by Gasteiger charge is 2.36. The standard InChI is InChI=1S/C8H12N2O3S/c1-2-8(3-6(12)13)4-14-7(10-8)9-5-11/h5H,2-4H2,1H3,(H,12,13)(H,9,10,11). The van der Waals surface area contributed by atoms with Crippen molar-refractivity contribution in [2.24, 2.45) is 4.99 Å². The average molecular weight is 216 g/mol. The molecule has 1 amide bonds. The summed E-state index contributed by atoms with van der Waals surface area (Å²) in [6.45, 7) is 1.90. The molecule has 2 N–H and O–H groups in total. The maximum absolute atomic E-state index is 10.6. The summed E-state index contributed by atoms with van der Waals surface area (Å²) in [6.07, 6.45) is 1.23. The summed E-state index contributed by atoms with van der Waals surface area (Å²) in [5.74, 6) is -0.241. The molecule has 0 aliphatic carbocycles. The lowest BCUT2D eigenvalue weighted by Gasteiger charge is -2.20. The highest BCUT2D eigenvalue weighted by molar-refractivity contribution is 8.14. The molecule has 0 saturated carbocycles. The van der Waals surface area contributed by atoms with Gasteiger partial charge < -0.3 is 10.4 Å². The van der Waals surface area contributed by atoms with Gasteiger partial charge in [0, 0.05) is 5.75 Å². The molecule has 0 aromatic rings. The number of rotatable bonds is 4. The average Bonchev–Trinajstić information content (AvgIpc) is 2.49. The van der Waals surface area contributed by atoms with E-state index in [0.29, 0.717) is 23.8 Å². The molecule has 1 rings (SSSR count). The summed E-state index contributed by atoms with van der Waals surface area (Å²) >= 11 is 1.38. The lowest BCUT2D eigenvalue weighted by Crippen LogP contribution is -2.29. The molecule has 0 saturated heterocycles. The van der Waals surface area contributed by atoms with E-state index in [4.69, 9.17) is 5.11 Å². The molecule has 0 aromatic heterocycles. The predicted octanol–water partition coefficient (Wildman–Crippen LogP) is 0.459. The summed E-state index contributed by atoms with van der Waals surface area (Å²) in [4.78, 5) is 25.0. The van der Waals surface area contributed by atoms with Crippen LogP contribution in [0, 0.1) is 0 Å². The molecular weight excluding hydrogens is 204 g/mol. The minimum Gasteiger partial charge on any atom is -0.481 e. The summed E-state index contributed by atoms with van der Waals surface area (Å²) < 4.78 is 0. The summed E-state index contributed by atoms with van der Waals surface area (Å²) in [7, 11) is 0. The van der Waals surface area contributed by atoms with E-state index in [2.05, 4.69) is 10.3 Å². The van der Waals surface area contributed by atoms with Crippen LogP contribution in [0.15, 0.2) is 4.99 Å². The van der Waals surface area contributed by atoms with Crippen molar-refractivity contribution in [3.05, 3.63) is 0 Å². The maximum atomic E-state index is 10.6. The second-order valence-corrected chi connectivity index (χ2v) is 4.08. The van der Waals surface area contributed by atoms with Gasteiger partial charge in [-0.25, -0.2) is 0 Å². The van der Waals surface area contributed by atoms with Crippen LogP contribution in [0.2, 0.25) is 0 Å². The molecule has 1 aliphatic heterocycles. The molecule has 1 heterocycles. The number of aliphatic carboxylic acids is 1. The van der Waals surface area contributed by atoms with Gasteiger partial charge in [0.25, 0.3) is 0 Å².